The quantitative estimate of drug-likeness (QED) is 0.843. The molecule has 0 aliphatic carbocycles. The summed E-state index contributed by atoms with van der Waals surface area (Å²) in [6.07, 6.45) is 1.61. The highest BCUT2D eigenvalue weighted by Gasteiger charge is 2.08. The molecule has 5 heteroatoms. The fraction of sp³-hybridized carbons (Fsp3) is 0.0833. The maximum Gasteiger partial charge on any atom is 0.267 e. The standard InChI is InChI=1S/C12H10F2N2O/c13-9-3-4-10(14)8(6-9)7-16-12(17)11-2-1-5-15-11/h1-6,15H,7H2,(H,16,17). The van der Waals surface area contributed by atoms with Gasteiger partial charge in [0.1, 0.15) is 17.3 Å². The molecule has 0 radical (unpaired) electrons. The van der Waals surface area contributed by atoms with Crippen molar-refractivity contribution in [1.82, 2.24) is 10.3 Å². The highest BCUT2D eigenvalue weighted by atomic mass is 19.1. The van der Waals surface area contributed by atoms with Crippen LogP contribution in [0.1, 0.15) is 16.1 Å². The predicted octanol–water partition coefficient (Wildman–Crippen LogP) is 2.22. The topological polar surface area (TPSA) is 44.9 Å². The van der Waals surface area contributed by atoms with Crippen LogP contribution in [0, 0.1) is 11.6 Å². The summed E-state index contributed by atoms with van der Waals surface area (Å²) in [5, 5.41) is 2.49. The van der Waals surface area contributed by atoms with E-state index < -0.39 is 11.6 Å². The van der Waals surface area contributed by atoms with E-state index >= 15 is 0 Å². The van der Waals surface area contributed by atoms with E-state index in [0.29, 0.717) is 5.69 Å². The van der Waals surface area contributed by atoms with Crippen LogP contribution in [0.25, 0.3) is 0 Å². The van der Waals surface area contributed by atoms with E-state index in [-0.39, 0.29) is 18.0 Å². The van der Waals surface area contributed by atoms with Gasteiger partial charge >= 0.3 is 0 Å². The Morgan fingerprint density at radius 3 is 2.82 bits per heavy atom. The molecule has 0 fully saturated rings. The molecule has 3 nitrogen and oxygen atoms in total. The van der Waals surface area contributed by atoms with Crippen LogP contribution in [0.4, 0.5) is 8.78 Å². The lowest BCUT2D eigenvalue weighted by Crippen LogP contribution is -2.23. The zero-order chi connectivity index (χ0) is 12.3. The molecule has 0 spiro atoms. The van der Waals surface area contributed by atoms with Crippen LogP contribution in [-0.4, -0.2) is 10.9 Å². The van der Waals surface area contributed by atoms with E-state index in [1.165, 1.54) is 0 Å². The van der Waals surface area contributed by atoms with Crippen molar-refractivity contribution in [1.29, 1.82) is 0 Å². The summed E-state index contributed by atoms with van der Waals surface area (Å²) < 4.78 is 26.1. The lowest BCUT2D eigenvalue weighted by Gasteiger charge is -2.05. The second kappa shape index (κ2) is 4.78. The van der Waals surface area contributed by atoms with Gasteiger partial charge in [0.2, 0.25) is 0 Å². The fourth-order valence-electron chi connectivity index (χ4n) is 1.42. The first-order valence-electron chi connectivity index (χ1n) is 5.02. The number of aromatic nitrogens is 1. The Morgan fingerprint density at radius 1 is 1.29 bits per heavy atom. The minimum Gasteiger partial charge on any atom is -0.357 e. The molecule has 0 saturated carbocycles. The first kappa shape index (κ1) is 11.3. The van der Waals surface area contributed by atoms with Gasteiger partial charge in [-0.2, -0.15) is 0 Å². The molecular formula is C12H10F2N2O. The van der Waals surface area contributed by atoms with E-state index in [1.807, 2.05) is 0 Å². The molecule has 0 aliphatic heterocycles. The molecule has 1 aromatic heterocycles. The van der Waals surface area contributed by atoms with E-state index in [1.54, 1.807) is 18.3 Å². The third kappa shape index (κ3) is 2.69. The average Bonchev–Trinajstić information content (AvgIpc) is 2.83. The van der Waals surface area contributed by atoms with Gasteiger partial charge in [0, 0.05) is 18.3 Å². The number of amides is 1. The smallest absolute Gasteiger partial charge is 0.267 e. The number of rotatable bonds is 3. The molecule has 0 saturated heterocycles. The molecule has 0 unspecified atom stereocenters. The minimum absolute atomic E-state index is 0.0541. The SMILES string of the molecule is O=C(NCc1cc(F)ccc1F)c1ccc[nH]1. The van der Waals surface area contributed by atoms with Gasteiger partial charge in [-0.25, -0.2) is 8.78 Å². The van der Waals surface area contributed by atoms with Crippen LogP contribution in [0.5, 0.6) is 0 Å². The number of nitrogens with one attached hydrogen (secondary N) is 2. The van der Waals surface area contributed by atoms with Crippen LogP contribution in [-0.2, 0) is 6.54 Å². The lowest BCUT2D eigenvalue weighted by atomic mass is 10.2. The van der Waals surface area contributed by atoms with Gasteiger partial charge in [-0.3, -0.25) is 4.79 Å². The van der Waals surface area contributed by atoms with Crippen molar-refractivity contribution in [2.45, 2.75) is 6.54 Å². The monoisotopic (exact) mass is 236 g/mol. The minimum atomic E-state index is -0.543. The summed E-state index contributed by atoms with van der Waals surface area (Å²) in [4.78, 5) is 14.2. The van der Waals surface area contributed by atoms with E-state index in [9.17, 15) is 13.6 Å². The summed E-state index contributed by atoms with van der Waals surface area (Å²) in [6, 6.07) is 6.40. The Bertz CT molecular complexity index is 523. The van der Waals surface area contributed by atoms with Gasteiger partial charge in [-0.1, -0.05) is 0 Å². The molecule has 0 bridgehead atoms. The Kier molecular flexibility index (Phi) is 3.18. The average molecular weight is 236 g/mol. The number of halogens is 2. The number of benzene rings is 1. The summed E-state index contributed by atoms with van der Waals surface area (Å²) >= 11 is 0. The first-order valence-corrected chi connectivity index (χ1v) is 5.02. The molecule has 1 heterocycles. The highest BCUT2D eigenvalue weighted by Crippen LogP contribution is 2.09. The van der Waals surface area contributed by atoms with Crippen LogP contribution in [0.3, 0.4) is 0 Å². The largest absolute Gasteiger partial charge is 0.357 e. The Morgan fingerprint density at radius 2 is 2.12 bits per heavy atom. The van der Waals surface area contributed by atoms with Gasteiger partial charge in [0.25, 0.3) is 5.91 Å². The molecule has 2 aromatic rings. The molecule has 2 rings (SSSR count). The predicted molar refractivity (Wildman–Crippen MR) is 58.3 cm³/mol. The second-order valence-electron chi connectivity index (χ2n) is 3.50. The van der Waals surface area contributed by atoms with Crippen molar-refractivity contribution in [3.05, 3.63) is 59.4 Å². The summed E-state index contributed by atoms with van der Waals surface area (Å²) in [5.74, 6) is -1.44. The van der Waals surface area contributed by atoms with Gasteiger partial charge in [-0.15, -0.1) is 0 Å². The van der Waals surface area contributed by atoms with Crippen molar-refractivity contribution in [3.63, 3.8) is 0 Å². The van der Waals surface area contributed by atoms with Crippen molar-refractivity contribution in [2.24, 2.45) is 0 Å². The fourth-order valence-corrected chi connectivity index (χ4v) is 1.42. The lowest BCUT2D eigenvalue weighted by molar-refractivity contribution is 0.0946. The number of hydrogen-bond donors (Lipinski definition) is 2. The van der Waals surface area contributed by atoms with Gasteiger partial charge in [-0.05, 0) is 30.3 Å². The molecule has 2 N–H and O–H groups in total. The maximum absolute atomic E-state index is 13.2. The van der Waals surface area contributed by atoms with Gasteiger partial charge < -0.3 is 10.3 Å². The Labute approximate surface area is 96.5 Å². The molecular weight excluding hydrogens is 226 g/mol. The number of carbonyl (C=O) groups is 1. The first-order chi connectivity index (χ1) is 8.16. The Hall–Kier alpha value is -2.17. The van der Waals surface area contributed by atoms with E-state index in [4.69, 9.17) is 0 Å². The molecule has 1 aromatic carbocycles. The summed E-state index contributed by atoms with van der Waals surface area (Å²) in [5.41, 5.74) is 0.492. The number of carbonyl (C=O) groups excluding carboxylic acids is 1. The van der Waals surface area contributed by atoms with Crippen LogP contribution in [0.15, 0.2) is 36.5 Å². The molecule has 88 valence electrons. The van der Waals surface area contributed by atoms with Crippen molar-refractivity contribution >= 4 is 5.91 Å². The van der Waals surface area contributed by atoms with Crippen molar-refractivity contribution in [2.75, 3.05) is 0 Å². The molecule has 0 aliphatic rings. The number of hydrogen-bond acceptors (Lipinski definition) is 1. The number of H-pyrrole nitrogens is 1. The third-order valence-corrected chi connectivity index (χ3v) is 2.29. The van der Waals surface area contributed by atoms with Crippen molar-refractivity contribution in [3.8, 4) is 0 Å². The highest BCUT2D eigenvalue weighted by molar-refractivity contribution is 5.92. The number of aromatic amines is 1. The van der Waals surface area contributed by atoms with Gasteiger partial charge in [0.15, 0.2) is 0 Å². The second-order valence-corrected chi connectivity index (χ2v) is 3.50. The van der Waals surface area contributed by atoms with Crippen LogP contribution in [0.2, 0.25) is 0 Å². The van der Waals surface area contributed by atoms with Gasteiger partial charge in [0.05, 0.1) is 0 Å². The Balaban J connectivity index is 2.03. The van der Waals surface area contributed by atoms with Crippen LogP contribution >= 0.6 is 0 Å². The molecule has 0 atom stereocenters. The summed E-state index contributed by atoms with van der Waals surface area (Å²) in [6.45, 7) is -0.0541. The zero-order valence-corrected chi connectivity index (χ0v) is 8.84. The maximum atomic E-state index is 13.2. The van der Waals surface area contributed by atoms with E-state index in [0.717, 1.165) is 18.2 Å². The normalized spacial score (nSPS) is 10.2. The van der Waals surface area contributed by atoms with Crippen molar-refractivity contribution < 1.29 is 13.6 Å². The summed E-state index contributed by atoms with van der Waals surface area (Å²) in [7, 11) is 0. The molecule has 1 amide bonds. The molecule has 17 heavy (non-hydrogen) atoms. The zero-order valence-electron chi connectivity index (χ0n) is 8.84. The third-order valence-electron chi connectivity index (χ3n) is 2.29. The van der Waals surface area contributed by atoms with Crippen LogP contribution < -0.4 is 5.32 Å². The van der Waals surface area contributed by atoms with E-state index in [2.05, 4.69) is 10.3 Å².